The highest BCUT2D eigenvalue weighted by molar-refractivity contribution is 7.95. The smallest absolute Gasteiger partial charge is 0.411 e. The molecule has 3 aromatic carbocycles. The number of benzene rings is 3. The molecule has 0 saturated heterocycles. The maximum Gasteiger partial charge on any atom is 0.411 e. The van der Waals surface area contributed by atoms with E-state index in [1.54, 1.807) is 30.3 Å². The van der Waals surface area contributed by atoms with Gasteiger partial charge in [-0.3, -0.25) is 5.32 Å². The number of nitrogens with zero attached hydrogens (tertiary/aromatic N) is 2. The maximum atomic E-state index is 13.0. The number of carbonyl (C=O) groups excluding carboxylic acids is 1. The van der Waals surface area contributed by atoms with Crippen molar-refractivity contribution in [2.45, 2.75) is 25.7 Å². The first kappa shape index (κ1) is 26.5. The highest BCUT2D eigenvalue weighted by Gasteiger charge is 2.21. The summed E-state index contributed by atoms with van der Waals surface area (Å²) >= 11 is 0. The van der Waals surface area contributed by atoms with Crippen LogP contribution in [0.15, 0.2) is 82.6 Å². The van der Waals surface area contributed by atoms with Crippen molar-refractivity contribution in [1.82, 2.24) is 0 Å². The van der Waals surface area contributed by atoms with Crippen molar-refractivity contribution in [2.75, 3.05) is 29.9 Å². The predicted molar refractivity (Wildman–Crippen MR) is 142 cm³/mol. The topological polar surface area (TPSA) is 99.5 Å². The first-order chi connectivity index (χ1) is 17.2. The van der Waals surface area contributed by atoms with Gasteiger partial charge in [0.15, 0.2) is 0 Å². The van der Waals surface area contributed by atoms with Gasteiger partial charge in [-0.05, 0) is 74.4 Å². The quantitative estimate of drug-likeness (QED) is 0.375. The number of hydrogen-bond acceptors (Lipinski definition) is 6. The molecule has 0 atom stereocenters. The number of amides is 1. The molecule has 0 bridgehead atoms. The van der Waals surface area contributed by atoms with Crippen molar-refractivity contribution in [3.63, 3.8) is 0 Å². The number of ether oxygens (including phenoxy) is 1. The molecule has 0 saturated carbocycles. The van der Waals surface area contributed by atoms with E-state index in [1.165, 1.54) is 18.2 Å². The van der Waals surface area contributed by atoms with Crippen molar-refractivity contribution in [1.29, 1.82) is 5.26 Å². The van der Waals surface area contributed by atoms with E-state index in [4.69, 9.17) is 4.74 Å². The third-order valence-electron chi connectivity index (χ3n) is 5.63. The van der Waals surface area contributed by atoms with Crippen molar-refractivity contribution in [3.05, 3.63) is 94.4 Å². The van der Waals surface area contributed by atoms with Crippen LogP contribution in [0.4, 0.5) is 16.2 Å². The fourth-order valence-corrected chi connectivity index (χ4v) is 4.72. The summed E-state index contributed by atoms with van der Waals surface area (Å²) in [7, 11) is -3.92. The zero-order valence-corrected chi connectivity index (χ0v) is 21.4. The Kier molecular flexibility index (Phi) is 8.87. The fraction of sp³-hybridized carbons (Fsp3) is 0.214. The maximum absolute atomic E-state index is 13.0. The van der Waals surface area contributed by atoms with Crippen LogP contribution in [0.2, 0.25) is 0 Å². The van der Waals surface area contributed by atoms with Crippen LogP contribution in [-0.2, 0) is 14.6 Å². The molecule has 36 heavy (non-hydrogen) atoms. The van der Waals surface area contributed by atoms with Crippen LogP contribution in [0.25, 0.3) is 6.08 Å². The van der Waals surface area contributed by atoms with Crippen LogP contribution in [-0.4, -0.2) is 34.2 Å². The van der Waals surface area contributed by atoms with Crippen LogP contribution < -0.4 is 10.2 Å². The Morgan fingerprint density at radius 1 is 1.06 bits per heavy atom. The van der Waals surface area contributed by atoms with Gasteiger partial charge in [0.25, 0.3) is 0 Å². The Bertz CT molecular complexity index is 1380. The molecule has 0 heterocycles. The SMILES string of the molecule is CCN(CCOC(=O)Nc1ccccc1)c1ccc(/C=C(\C#N)S(=O)(=O)c2ccc(C)cc2)c(C)c1. The lowest BCUT2D eigenvalue weighted by Crippen LogP contribution is -2.29. The van der Waals surface area contributed by atoms with E-state index in [-0.39, 0.29) is 16.4 Å². The van der Waals surface area contributed by atoms with Crippen molar-refractivity contribution >= 4 is 33.4 Å². The zero-order valence-electron chi connectivity index (χ0n) is 20.6. The standard InChI is InChI=1S/C28H29N3O4S/c1-4-31(16-17-35-28(32)30-24-8-6-5-7-9-24)25-13-12-23(22(3)18-25)19-27(20-29)36(33,34)26-14-10-21(2)11-15-26/h5-15,18-19H,4,16-17H2,1-3H3,(H,30,32)/b27-19+. The molecular formula is C28H29N3O4S. The highest BCUT2D eigenvalue weighted by atomic mass is 32.2. The lowest BCUT2D eigenvalue weighted by molar-refractivity contribution is 0.164. The van der Waals surface area contributed by atoms with Crippen LogP contribution in [0, 0.1) is 25.2 Å². The number of sulfone groups is 1. The summed E-state index contributed by atoms with van der Waals surface area (Å²) in [5, 5.41) is 12.3. The molecule has 1 amide bonds. The third kappa shape index (κ3) is 6.74. The number of anilines is 2. The Morgan fingerprint density at radius 2 is 1.75 bits per heavy atom. The fourth-order valence-electron chi connectivity index (χ4n) is 3.57. The predicted octanol–water partition coefficient (Wildman–Crippen LogP) is 5.72. The minimum absolute atomic E-state index is 0.0867. The number of nitrogens with one attached hydrogen (secondary N) is 1. The second-order valence-corrected chi connectivity index (χ2v) is 10.1. The summed E-state index contributed by atoms with van der Waals surface area (Å²) in [5.41, 5.74) is 3.96. The first-order valence-corrected chi connectivity index (χ1v) is 13.0. The second-order valence-electron chi connectivity index (χ2n) is 8.18. The molecule has 0 aliphatic rings. The Labute approximate surface area is 212 Å². The van der Waals surface area contributed by atoms with Crippen molar-refractivity contribution < 1.29 is 17.9 Å². The van der Waals surface area contributed by atoms with E-state index in [0.29, 0.717) is 24.3 Å². The number of rotatable bonds is 9. The molecule has 0 aliphatic carbocycles. The summed E-state index contributed by atoms with van der Waals surface area (Å²) in [5.74, 6) is 0. The average Bonchev–Trinajstić information content (AvgIpc) is 2.86. The van der Waals surface area contributed by atoms with Gasteiger partial charge in [-0.2, -0.15) is 5.26 Å². The van der Waals surface area contributed by atoms with E-state index in [0.717, 1.165) is 16.8 Å². The molecule has 0 aromatic heterocycles. The molecule has 8 heteroatoms. The van der Waals surface area contributed by atoms with Crippen LogP contribution in [0.5, 0.6) is 0 Å². The molecule has 0 spiro atoms. The summed E-state index contributed by atoms with van der Waals surface area (Å²) in [4.78, 5) is 13.8. The monoisotopic (exact) mass is 503 g/mol. The van der Waals surface area contributed by atoms with Gasteiger partial charge in [-0.15, -0.1) is 0 Å². The molecule has 7 nitrogen and oxygen atoms in total. The number of hydrogen-bond donors (Lipinski definition) is 1. The summed E-state index contributed by atoms with van der Waals surface area (Å²) in [6.45, 7) is 7.09. The molecule has 0 aliphatic heterocycles. The number of carbonyl (C=O) groups is 1. The molecule has 3 aromatic rings. The van der Waals surface area contributed by atoms with Crippen molar-refractivity contribution in [3.8, 4) is 6.07 Å². The van der Waals surface area contributed by atoms with Gasteiger partial charge in [-0.25, -0.2) is 13.2 Å². The zero-order chi connectivity index (χ0) is 26.1. The lowest BCUT2D eigenvalue weighted by Gasteiger charge is -2.23. The van der Waals surface area contributed by atoms with Gasteiger partial charge in [-0.1, -0.05) is 42.0 Å². The van der Waals surface area contributed by atoms with E-state index in [1.807, 2.05) is 62.1 Å². The molecular weight excluding hydrogens is 474 g/mol. The summed E-state index contributed by atoms with van der Waals surface area (Å²) in [6, 6.07) is 22.9. The van der Waals surface area contributed by atoms with E-state index in [9.17, 15) is 18.5 Å². The molecule has 186 valence electrons. The number of para-hydroxylation sites is 1. The molecule has 1 N–H and O–H groups in total. The molecule has 3 rings (SSSR count). The van der Waals surface area contributed by atoms with Crippen LogP contribution in [0.1, 0.15) is 23.6 Å². The molecule has 0 unspecified atom stereocenters. The van der Waals surface area contributed by atoms with Crippen LogP contribution in [0.3, 0.4) is 0 Å². The van der Waals surface area contributed by atoms with Gasteiger partial charge in [0.2, 0.25) is 9.84 Å². The molecule has 0 fully saturated rings. The van der Waals surface area contributed by atoms with Gasteiger partial charge in [0.05, 0.1) is 11.4 Å². The number of likely N-dealkylation sites (N-methyl/N-ethyl adjacent to an activating group) is 1. The van der Waals surface area contributed by atoms with Gasteiger partial charge in [0, 0.05) is 17.9 Å². The minimum atomic E-state index is -3.92. The molecule has 0 radical (unpaired) electrons. The summed E-state index contributed by atoms with van der Waals surface area (Å²) < 4.78 is 31.2. The number of nitriles is 1. The third-order valence-corrected chi connectivity index (χ3v) is 7.31. The van der Waals surface area contributed by atoms with Crippen molar-refractivity contribution in [2.24, 2.45) is 0 Å². The van der Waals surface area contributed by atoms with E-state index in [2.05, 4.69) is 5.32 Å². The Hall–Kier alpha value is -4.09. The number of aryl methyl sites for hydroxylation is 2. The van der Waals surface area contributed by atoms with Gasteiger partial charge >= 0.3 is 6.09 Å². The number of allylic oxidation sites excluding steroid dienone is 1. The van der Waals surface area contributed by atoms with E-state index >= 15 is 0 Å². The van der Waals surface area contributed by atoms with E-state index < -0.39 is 15.9 Å². The second kappa shape index (κ2) is 12.0. The van der Waals surface area contributed by atoms with Crippen LogP contribution >= 0.6 is 0 Å². The Morgan fingerprint density at radius 3 is 2.36 bits per heavy atom. The van der Waals surface area contributed by atoms with Gasteiger partial charge in [0.1, 0.15) is 17.6 Å². The largest absolute Gasteiger partial charge is 0.447 e. The average molecular weight is 504 g/mol. The Balaban J connectivity index is 1.69. The van der Waals surface area contributed by atoms with Gasteiger partial charge < -0.3 is 9.64 Å². The highest BCUT2D eigenvalue weighted by Crippen LogP contribution is 2.25. The normalized spacial score (nSPS) is 11.4. The minimum Gasteiger partial charge on any atom is -0.447 e. The lowest BCUT2D eigenvalue weighted by atomic mass is 10.1. The first-order valence-electron chi connectivity index (χ1n) is 11.5. The summed E-state index contributed by atoms with van der Waals surface area (Å²) in [6.07, 6.45) is 0.884.